The molecule has 1 unspecified atom stereocenters. The van der Waals surface area contributed by atoms with Crippen LogP contribution in [0.15, 0.2) is 30.3 Å². The maximum Gasteiger partial charge on any atom is 0.417 e. The molecule has 2 aliphatic rings. The molecule has 1 N–H and O–H groups in total. The van der Waals surface area contributed by atoms with Crippen molar-refractivity contribution in [3.8, 4) is 11.1 Å². The Morgan fingerprint density at radius 1 is 1.00 bits per heavy atom. The minimum absolute atomic E-state index is 0.166. The number of aryl methyl sites for hydroxylation is 1. The summed E-state index contributed by atoms with van der Waals surface area (Å²) in [5.41, 5.74) is 2.61. The Labute approximate surface area is 202 Å². The number of benzene rings is 2. The van der Waals surface area contributed by atoms with Gasteiger partial charge in [0.1, 0.15) is 0 Å². The number of nitrogens with one attached hydrogen (secondary N) is 1. The minimum atomic E-state index is -4.53. The molecule has 2 aromatic rings. The lowest BCUT2D eigenvalue weighted by Gasteiger charge is -2.42. The van der Waals surface area contributed by atoms with Crippen LogP contribution in [0.4, 0.5) is 18.0 Å². The second kappa shape index (κ2) is 8.43. The van der Waals surface area contributed by atoms with Crippen LogP contribution in [-0.4, -0.2) is 16.4 Å². The van der Waals surface area contributed by atoms with Crippen LogP contribution in [0.3, 0.4) is 0 Å². The first-order valence-electron chi connectivity index (χ1n) is 11.6. The van der Waals surface area contributed by atoms with Crippen molar-refractivity contribution in [2.75, 3.05) is 0 Å². The van der Waals surface area contributed by atoms with Gasteiger partial charge in [-0.25, -0.2) is 0 Å². The molecule has 182 valence electrons. The molecule has 0 bridgehead atoms. The monoisotopic (exact) mass is 489 g/mol. The van der Waals surface area contributed by atoms with Gasteiger partial charge < -0.3 is 0 Å². The Bertz CT molecular complexity index is 1170. The largest absolute Gasteiger partial charge is 0.417 e. The Kier molecular flexibility index (Phi) is 6.16. The molecule has 1 saturated heterocycles. The Balaban J connectivity index is 1.99. The van der Waals surface area contributed by atoms with E-state index in [2.05, 4.69) is 19.2 Å². The predicted molar refractivity (Wildman–Crippen MR) is 130 cm³/mol. The van der Waals surface area contributed by atoms with Crippen LogP contribution in [0.25, 0.3) is 11.1 Å². The van der Waals surface area contributed by atoms with Crippen molar-refractivity contribution >= 4 is 22.9 Å². The van der Waals surface area contributed by atoms with Crippen LogP contribution in [-0.2, 0) is 34.6 Å². The fraction of sp³-hybridized carbons (Fsp3) is 0.481. The zero-order valence-electron chi connectivity index (χ0n) is 20.2. The fourth-order valence-corrected chi connectivity index (χ4v) is 6.09. The zero-order valence-corrected chi connectivity index (χ0v) is 21.0. The van der Waals surface area contributed by atoms with Crippen LogP contribution in [0, 0.1) is 0 Å². The van der Waals surface area contributed by atoms with Crippen molar-refractivity contribution in [1.29, 1.82) is 0 Å². The first-order chi connectivity index (χ1) is 15.7. The Hall–Kier alpha value is -2.28. The van der Waals surface area contributed by atoms with E-state index < -0.39 is 28.1 Å². The highest BCUT2D eigenvalue weighted by atomic mass is 32.2. The van der Waals surface area contributed by atoms with Gasteiger partial charge >= 0.3 is 6.18 Å². The van der Waals surface area contributed by atoms with E-state index in [9.17, 15) is 22.8 Å². The maximum absolute atomic E-state index is 14.5. The van der Waals surface area contributed by atoms with E-state index in [-0.39, 0.29) is 22.8 Å². The third-order valence-electron chi connectivity index (χ3n) is 7.36. The summed E-state index contributed by atoms with van der Waals surface area (Å²) in [4.78, 5) is 23.9. The summed E-state index contributed by atoms with van der Waals surface area (Å²) in [5, 5.41) is 1.20. The number of thioether (sulfide) groups is 1. The van der Waals surface area contributed by atoms with Crippen LogP contribution in [0.5, 0.6) is 0 Å². The number of halogens is 3. The highest BCUT2D eigenvalue weighted by Crippen LogP contribution is 2.51. The van der Waals surface area contributed by atoms with Crippen LogP contribution >= 0.6 is 11.8 Å². The maximum atomic E-state index is 14.5. The molecule has 1 aliphatic heterocycles. The van der Waals surface area contributed by atoms with E-state index in [1.54, 1.807) is 12.1 Å². The van der Waals surface area contributed by atoms with E-state index in [4.69, 9.17) is 0 Å². The van der Waals surface area contributed by atoms with Crippen molar-refractivity contribution in [1.82, 2.24) is 5.32 Å². The lowest BCUT2D eigenvalue weighted by molar-refractivity contribution is -0.137. The molecule has 1 aliphatic carbocycles. The van der Waals surface area contributed by atoms with Crippen LogP contribution < -0.4 is 5.32 Å². The number of carbonyl (C=O) groups excluding carboxylic acids is 2. The van der Waals surface area contributed by atoms with Crippen LogP contribution in [0.2, 0.25) is 0 Å². The topological polar surface area (TPSA) is 46.2 Å². The number of hydrogen-bond donors (Lipinski definition) is 1. The van der Waals surface area contributed by atoms with E-state index in [0.29, 0.717) is 17.5 Å². The molecule has 4 rings (SSSR count). The van der Waals surface area contributed by atoms with Gasteiger partial charge in [0.25, 0.3) is 5.24 Å². The lowest BCUT2D eigenvalue weighted by Crippen LogP contribution is -2.34. The first kappa shape index (κ1) is 24.8. The van der Waals surface area contributed by atoms with Gasteiger partial charge in [-0.05, 0) is 82.0 Å². The number of imide groups is 1. The van der Waals surface area contributed by atoms with Crippen molar-refractivity contribution < 1.29 is 22.8 Å². The number of rotatable bonds is 4. The first-order valence-corrected chi connectivity index (χ1v) is 12.5. The molecule has 1 atom stereocenters. The molecule has 7 heteroatoms. The average molecular weight is 490 g/mol. The van der Waals surface area contributed by atoms with Gasteiger partial charge in [0.2, 0.25) is 5.91 Å². The summed E-state index contributed by atoms with van der Waals surface area (Å²) >= 11 is 0.896. The molecule has 0 saturated carbocycles. The number of amides is 2. The van der Waals surface area contributed by atoms with Gasteiger partial charge in [0.15, 0.2) is 0 Å². The third-order valence-corrected chi connectivity index (χ3v) is 8.34. The summed E-state index contributed by atoms with van der Waals surface area (Å²) in [6, 6.07) is 8.56. The number of fused-ring (bicyclic) bond motifs is 1. The average Bonchev–Trinajstić information content (AvgIpc) is 3.06. The normalized spacial score (nSPS) is 21.4. The molecule has 3 nitrogen and oxygen atoms in total. The number of alkyl halides is 3. The molecule has 0 aromatic heterocycles. The summed E-state index contributed by atoms with van der Waals surface area (Å²) in [5.74, 6) is -0.396. The Morgan fingerprint density at radius 3 is 2.12 bits per heavy atom. The van der Waals surface area contributed by atoms with Gasteiger partial charge in [-0.3, -0.25) is 14.9 Å². The fourth-order valence-electron chi connectivity index (χ4n) is 5.25. The summed E-state index contributed by atoms with van der Waals surface area (Å²) in [6.45, 7) is 10.1. The van der Waals surface area contributed by atoms with Crippen molar-refractivity contribution in [2.24, 2.45) is 0 Å². The highest BCUT2D eigenvalue weighted by Gasteiger charge is 2.42. The van der Waals surface area contributed by atoms with E-state index >= 15 is 0 Å². The minimum Gasteiger partial charge on any atom is -0.286 e. The molecular weight excluding hydrogens is 459 g/mol. The number of hydrogen-bond acceptors (Lipinski definition) is 3. The second-order valence-corrected chi connectivity index (χ2v) is 11.8. The van der Waals surface area contributed by atoms with Gasteiger partial charge in [-0.1, -0.05) is 64.6 Å². The van der Waals surface area contributed by atoms with Gasteiger partial charge in [0.05, 0.1) is 10.8 Å². The van der Waals surface area contributed by atoms with E-state index in [1.165, 1.54) is 6.07 Å². The third kappa shape index (κ3) is 4.39. The quantitative estimate of drug-likeness (QED) is 0.495. The number of carbonyl (C=O) groups is 2. The lowest BCUT2D eigenvalue weighted by atomic mass is 9.62. The molecule has 1 fully saturated rings. The van der Waals surface area contributed by atoms with Crippen molar-refractivity contribution in [3.63, 3.8) is 0 Å². The summed E-state index contributed by atoms with van der Waals surface area (Å²) in [6.07, 6.45) is -2.08. The van der Waals surface area contributed by atoms with Gasteiger partial charge in [-0.2, -0.15) is 13.2 Å². The zero-order chi connectivity index (χ0) is 25.1. The highest BCUT2D eigenvalue weighted by molar-refractivity contribution is 8.15. The molecular formula is C27H30F3NO2S. The summed E-state index contributed by atoms with van der Waals surface area (Å²) in [7, 11) is 0. The van der Waals surface area contributed by atoms with E-state index in [0.717, 1.165) is 41.3 Å². The molecule has 2 aromatic carbocycles. The molecule has 0 spiro atoms. The smallest absolute Gasteiger partial charge is 0.286 e. The SMILES string of the molecule is CCc1cccc(CC2SC(=O)NC2=O)c1-c1cc2c(cc1C(F)(F)F)C(C)(C)CCC2(C)C. The van der Waals surface area contributed by atoms with Gasteiger partial charge in [0, 0.05) is 0 Å². The van der Waals surface area contributed by atoms with E-state index in [1.807, 2.05) is 32.9 Å². The second-order valence-electron chi connectivity index (χ2n) is 10.6. The standard InChI is InChI=1S/C27H30F3NO2S/c1-6-15-8-7-9-16(12-21-23(32)31-24(33)34-21)22(15)17-13-19-20(14-18(17)27(28,29)30)26(4,5)11-10-25(19,2)3/h7-9,13-14,21H,6,10-12H2,1-5H3,(H,31,32,33). The molecule has 1 heterocycles. The van der Waals surface area contributed by atoms with Gasteiger partial charge in [-0.15, -0.1) is 0 Å². The molecule has 34 heavy (non-hydrogen) atoms. The van der Waals surface area contributed by atoms with Crippen molar-refractivity contribution in [2.45, 2.75) is 82.6 Å². The van der Waals surface area contributed by atoms with Crippen molar-refractivity contribution in [3.05, 3.63) is 58.1 Å². The molecule has 2 amide bonds. The van der Waals surface area contributed by atoms with Crippen LogP contribution in [0.1, 0.15) is 75.3 Å². The predicted octanol–water partition coefficient (Wildman–Crippen LogP) is 7.18. The molecule has 0 radical (unpaired) electrons. The summed E-state index contributed by atoms with van der Waals surface area (Å²) < 4.78 is 43.6. The Morgan fingerprint density at radius 2 is 1.59 bits per heavy atom.